The fourth-order valence-electron chi connectivity index (χ4n) is 2.01. The van der Waals surface area contributed by atoms with Gasteiger partial charge in [-0.1, -0.05) is 35.5 Å². The predicted octanol–water partition coefficient (Wildman–Crippen LogP) is 3.14. The maximum Gasteiger partial charge on any atom is 0.319 e. The van der Waals surface area contributed by atoms with E-state index in [0.29, 0.717) is 36.5 Å². The highest BCUT2D eigenvalue weighted by Crippen LogP contribution is 2.29. The van der Waals surface area contributed by atoms with Crippen molar-refractivity contribution in [2.24, 2.45) is 0 Å². The van der Waals surface area contributed by atoms with Crippen LogP contribution in [0, 0.1) is 6.92 Å². The van der Waals surface area contributed by atoms with Gasteiger partial charge in [-0.25, -0.2) is 4.79 Å². The summed E-state index contributed by atoms with van der Waals surface area (Å²) >= 11 is 0. The molecule has 0 aliphatic rings. The fraction of sp³-hybridized carbons (Fsp3) is 0.312. The number of anilines is 1. The van der Waals surface area contributed by atoms with Gasteiger partial charge in [0.15, 0.2) is 5.76 Å². The van der Waals surface area contributed by atoms with E-state index in [1.54, 1.807) is 6.92 Å². The lowest BCUT2D eigenvalue weighted by atomic mass is 10.1. The highest BCUT2D eigenvalue weighted by atomic mass is 16.5. The third-order valence-electron chi connectivity index (χ3n) is 3.14. The number of carbonyl (C=O) groups is 2. The Bertz CT molecular complexity index is 650. The van der Waals surface area contributed by atoms with Gasteiger partial charge in [-0.15, -0.1) is 0 Å². The van der Waals surface area contributed by atoms with E-state index in [0.717, 1.165) is 5.56 Å². The van der Waals surface area contributed by atoms with Crippen LogP contribution in [0.5, 0.6) is 0 Å². The van der Waals surface area contributed by atoms with Crippen molar-refractivity contribution < 1.29 is 14.1 Å². The van der Waals surface area contributed by atoms with Crippen molar-refractivity contribution in [2.75, 3.05) is 11.9 Å². The van der Waals surface area contributed by atoms with Crippen LogP contribution in [0.1, 0.15) is 25.5 Å². The van der Waals surface area contributed by atoms with Crippen LogP contribution in [0.2, 0.25) is 0 Å². The van der Waals surface area contributed by atoms with E-state index in [1.807, 2.05) is 30.3 Å². The number of Topliss-reactive ketones (excluding diaryl/α,β-unsaturated/α-hetero) is 1. The number of benzene rings is 1. The predicted molar refractivity (Wildman–Crippen MR) is 83.6 cm³/mol. The molecule has 0 unspecified atom stereocenters. The molecule has 0 spiro atoms. The molecular formula is C16H19N3O3. The lowest BCUT2D eigenvalue weighted by Crippen LogP contribution is -2.30. The van der Waals surface area contributed by atoms with Gasteiger partial charge >= 0.3 is 6.03 Å². The molecule has 2 N–H and O–H groups in total. The van der Waals surface area contributed by atoms with Crippen LogP contribution in [-0.2, 0) is 4.79 Å². The van der Waals surface area contributed by atoms with Crippen LogP contribution in [0.15, 0.2) is 34.9 Å². The van der Waals surface area contributed by atoms with E-state index < -0.39 is 0 Å². The number of ketones is 1. The third-order valence-corrected chi connectivity index (χ3v) is 3.14. The molecule has 0 aliphatic heterocycles. The van der Waals surface area contributed by atoms with Crippen molar-refractivity contribution in [3.8, 4) is 11.3 Å². The molecule has 2 rings (SSSR count). The number of nitrogens with one attached hydrogen (secondary N) is 2. The molecule has 0 aliphatic carbocycles. The molecule has 1 aromatic heterocycles. The molecule has 1 heterocycles. The van der Waals surface area contributed by atoms with Gasteiger partial charge in [0.05, 0.1) is 0 Å². The van der Waals surface area contributed by atoms with Crippen LogP contribution < -0.4 is 10.6 Å². The highest BCUT2D eigenvalue weighted by Gasteiger charge is 2.16. The van der Waals surface area contributed by atoms with Gasteiger partial charge in [-0.05, 0) is 20.3 Å². The Balaban J connectivity index is 1.99. The number of rotatable bonds is 6. The first-order valence-corrected chi connectivity index (χ1v) is 7.14. The number of hydrogen-bond acceptors (Lipinski definition) is 4. The summed E-state index contributed by atoms with van der Waals surface area (Å²) in [4.78, 5) is 22.8. The molecule has 0 fully saturated rings. The molecule has 2 aromatic rings. The minimum Gasteiger partial charge on any atom is -0.359 e. The Morgan fingerprint density at radius 3 is 2.64 bits per heavy atom. The molecule has 0 radical (unpaired) electrons. The van der Waals surface area contributed by atoms with Crippen LogP contribution in [0.3, 0.4) is 0 Å². The smallest absolute Gasteiger partial charge is 0.319 e. The molecule has 0 saturated carbocycles. The standard InChI is InChI=1S/C16H19N3O3/c1-11(20)7-6-10-17-16(21)18-14-12(2)22-19-15(14)13-8-4-3-5-9-13/h3-5,8-9H,6-7,10H2,1-2H3,(H2,17,18,21). The van der Waals surface area contributed by atoms with Gasteiger partial charge in [-0.3, -0.25) is 0 Å². The van der Waals surface area contributed by atoms with Crippen molar-refractivity contribution in [1.82, 2.24) is 10.5 Å². The molecule has 0 saturated heterocycles. The summed E-state index contributed by atoms with van der Waals surface area (Å²) in [5.41, 5.74) is 2.01. The zero-order valence-corrected chi connectivity index (χ0v) is 12.7. The summed E-state index contributed by atoms with van der Waals surface area (Å²) in [6, 6.07) is 9.15. The summed E-state index contributed by atoms with van der Waals surface area (Å²) in [5.74, 6) is 0.654. The zero-order chi connectivity index (χ0) is 15.9. The van der Waals surface area contributed by atoms with Crippen molar-refractivity contribution >= 4 is 17.5 Å². The van der Waals surface area contributed by atoms with Gasteiger partial charge in [0.1, 0.15) is 17.2 Å². The number of nitrogens with zero attached hydrogens (tertiary/aromatic N) is 1. The Morgan fingerprint density at radius 2 is 1.95 bits per heavy atom. The average molecular weight is 301 g/mol. The van der Waals surface area contributed by atoms with E-state index in [9.17, 15) is 9.59 Å². The average Bonchev–Trinajstić information content (AvgIpc) is 2.86. The molecule has 6 heteroatoms. The second-order valence-corrected chi connectivity index (χ2v) is 5.01. The molecule has 116 valence electrons. The Morgan fingerprint density at radius 1 is 1.23 bits per heavy atom. The molecular weight excluding hydrogens is 282 g/mol. The molecule has 6 nitrogen and oxygen atoms in total. The van der Waals surface area contributed by atoms with Crippen molar-refractivity contribution in [3.63, 3.8) is 0 Å². The lowest BCUT2D eigenvalue weighted by Gasteiger charge is -2.07. The Hall–Kier alpha value is -2.63. The number of amides is 2. The van der Waals surface area contributed by atoms with Crippen molar-refractivity contribution in [3.05, 3.63) is 36.1 Å². The van der Waals surface area contributed by atoms with E-state index in [4.69, 9.17) is 4.52 Å². The number of aromatic nitrogens is 1. The molecule has 22 heavy (non-hydrogen) atoms. The minimum absolute atomic E-state index is 0.114. The van der Waals surface area contributed by atoms with Gasteiger partial charge in [0, 0.05) is 18.5 Å². The highest BCUT2D eigenvalue weighted by molar-refractivity contribution is 5.94. The lowest BCUT2D eigenvalue weighted by molar-refractivity contribution is -0.117. The van der Waals surface area contributed by atoms with Gasteiger partial charge in [0.2, 0.25) is 0 Å². The summed E-state index contributed by atoms with van der Waals surface area (Å²) in [5, 5.41) is 9.46. The van der Waals surface area contributed by atoms with E-state index in [2.05, 4.69) is 15.8 Å². The monoisotopic (exact) mass is 301 g/mol. The van der Waals surface area contributed by atoms with E-state index in [1.165, 1.54) is 6.92 Å². The number of urea groups is 1. The number of carbonyl (C=O) groups excluding carboxylic acids is 2. The summed E-state index contributed by atoms with van der Waals surface area (Å²) in [7, 11) is 0. The van der Waals surface area contributed by atoms with E-state index >= 15 is 0 Å². The third kappa shape index (κ3) is 4.18. The first kappa shape index (κ1) is 15.8. The first-order chi connectivity index (χ1) is 10.6. The van der Waals surface area contributed by atoms with Crippen LogP contribution >= 0.6 is 0 Å². The van der Waals surface area contributed by atoms with Gasteiger partial charge in [0.25, 0.3) is 0 Å². The van der Waals surface area contributed by atoms with Crippen LogP contribution in [0.4, 0.5) is 10.5 Å². The second kappa shape index (κ2) is 7.40. The molecule has 2 amide bonds. The van der Waals surface area contributed by atoms with Crippen LogP contribution in [-0.4, -0.2) is 23.5 Å². The molecule has 0 atom stereocenters. The van der Waals surface area contributed by atoms with E-state index in [-0.39, 0.29) is 11.8 Å². The quantitative estimate of drug-likeness (QED) is 0.803. The summed E-state index contributed by atoms with van der Waals surface area (Å²) in [6.45, 7) is 3.72. The zero-order valence-electron chi connectivity index (χ0n) is 12.7. The van der Waals surface area contributed by atoms with Crippen molar-refractivity contribution in [2.45, 2.75) is 26.7 Å². The van der Waals surface area contributed by atoms with Crippen molar-refractivity contribution in [1.29, 1.82) is 0 Å². The first-order valence-electron chi connectivity index (χ1n) is 7.14. The summed E-state index contributed by atoms with van der Waals surface area (Å²) in [6.07, 6.45) is 1.08. The van der Waals surface area contributed by atoms with Gasteiger partial charge < -0.3 is 20.0 Å². The summed E-state index contributed by atoms with van der Waals surface area (Å²) < 4.78 is 5.17. The normalized spacial score (nSPS) is 10.3. The Kier molecular flexibility index (Phi) is 5.30. The maximum atomic E-state index is 11.9. The number of hydrogen-bond donors (Lipinski definition) is 2. The molecule has 1 aromatic carbocycles. The van der Waals surface area contributed by atoms with Gasteiger partial charge in [-0.2, -0.15) is 0 Å². The second-order valence-electron chi connectivity index (χ2n) is 5.01. The largest absolute Gasteiger partial charge is 0.359 e. The fourth-order valence-corrected chi connectivity index (χ4v) is 2.01. The molecule has 0 bridgehead atoms. The minimum atomic E-state index is -0.341. The SMILES string of the molecule is CC(=O)CCCNC(=O)Nc1c(-c2ccccc2)noc1C. The van der Waals surface area contributed by atoms with Crippen LogP contribution in [0.25, 0.3) is 11.3 Å². The topological polar surface area (TPSA) is 84.2 Å². The Labute approximate surface area is 128 Å². The maximum absolute atomic E-state index is 11.9. The number of aryl methyl sites for hydroxylation is 1.